The topological polar surface area (TPSA) is 103 Å². The molecule has 3 amide bonds. The van der Waals surface area contributed by atoms with Crippen LogP contribution in [0.4, 0.5) is 11.4 Å². The van der Waals surface area contributed by atoms with Gasteiger partial charge in [-0.05, 0) is 36.4 Å². The van der Waals surface area contributed by atoms with Crippen LogP contribution < -0.4 is 25.0 Å². The highest BCUT2D eigenvalue weighted by atomic mass is 35.5. The first-order valence-electron chi connectivity index (χ1n) is 12.2. The number of ether oxygens (including phenoxy) is 2. The lowest BCUT2D eigenvalue weighted by Crippen LogP contribution is -2.60. The lowest BCUT2D eigenvalue weighted by molar-refractivity contribution is -0.145. The number of amides is 3. The van der Waals surface area contributed by atoms with Gasteiger partial charge in [0.05, 0.1) is 32.9 Å². The second-order valence-corrected chi connectivity index (χ2v) is 9.39. The highest BCUT2D eigenvalue weighted by Gasteiger charge is 2.35. The van der Waals surface area contributed by atoms with E-state index in [9.17, 15) is 14.4 Å². The number of anilines is 2. The van der Waals surface area contributed by atoms with E-state index < -0.39 is 11.9 Å². The standard InChI is InChI=1S/C26H32ClN5O5/c1-36-20-7-8-23(37-2)21(15-20)29-24(33)16-22-26(35)28-9-10-32(22)25(34)17-30-11-13-31(14-12-30)19-5-3-18(27)4-6-19/h3-8,15,22H,9-14,16-17H2,1-2H3,(H,28,35)(H,29,33)/t22-/m1/s1. The molecule has 37 heavy (non-hydrogen) atoms. The van der Waals surface area contributed by atoms with Crippen LogP contribution in [-0.2, 0) is 14.4 Å². The molecule has 2 N–H and O–H groups in total. The molecule has 2 aromatic rings. The fraction of sp³-hybridized carbons (Fsp3) is 0.423. The summed E-state index contributed by atoms with van der Waals surface area (Å²) in [6, 6.07) is 11.9. The smallest absolute Gasteiger partial charge is 0.243 e. The first kappa shape index (κ1) is 26.6. The van der Waals surface area contributed by atoms with Gasteiger partial charge in [-0.25, -0.2) is 0 Å². The minimum atomic E-state index is -0.881. The summed E-state index contributed by atoms with van der Waals surface area (Å²) in [5, 5.41) is 6.25. The Morgan fingerprint density at radius 1 is 1.03 bits per heavy atom. The summed E-state index contributed by atoms with van der Waals surface area (Å²) in [4.78, 5) is 44.7. The number of nitrogens with one attached hydrogen (secondary N) is 2. The van der Waals surface area contributed by atoms with Crippen LogP contribution in [0, 0.1) is 0 Å². The summed E-state index contributed by atoms with van der Waals surface area (Å²) >= 11 is 5.99. The largest absolute Gasteiger partial charge is 0.497 e. The van der Waals surface area contributed by atoms with Gasteiger partial charge < -0.3 is 29.9 Å². The highest BCUT2D eigenvalue weighted by molar-refractivity contribution is 6.30. The number of methoxy groups -OCH3 is 2. The van der Waals surface area contributed by atoms with Crippen molar-refractivity contribution in [2.75, 3.05) is 70.2 Å². The molecule has 2 saturated heterocycles. The third-order valence-corrected chi connectivity index (χ3v) is 6.89. The Morgan fingerprint density at radius 3 is 2.43 bits per heavy atom. The second-order valence-electron chi connectivity index (χ2n) is 8.95. The molecule has 10 nitrogen and oxygen atoms in total. The number of nitrogens with zero attached hydrogens (tertiary/aromatic N) is 3. The number of hydrogen-bond acceptors (Lipinski definition) is 7. The Kier molecular flexibility index (Phi) is 8.73. The van der Waals surface area contributed by atoms with Crippen LogP contribution in [0.1, 0.15) is 6.42 Å². The van der Waals surface area contributed by atoms with E-state index in [4.69, 9.17) is 21.1 Å². The van der Waals surface area contributed by atoms with Crippen LogP contribution in [0.2, 0.25) is 5.02 Å². The summed E-state index contributed by atoms with van der Waals surface area (Å²) in [6.07, 6.45) is -0.164. The monoisotopic (exact) mass is 529 g/mol. The van der Waals surface area contributed by atoms with Crippen LogP contribution in [0.15, 0.2) is 42.5 Å². The molecule has 2 aromatic carbocycles. The molecule has 0 aromatic heterocycles. The van der Waals surface area contributed by atoms with Crippen LogP contribution in [-0.4, -0.2) is 93.6 Å². The van der Waals surface area contributed by atoms with Gasteiger partial charge in [-0.1, -0.05) is 11.6 Å². The van der Waals surface area contributed by atoms with Gasteiger partial charge in [-0.2, -0.15) is 0 Å². The van der Waals surface area contributed by atoms with E-state index in [0.29, 0.717) is 35.3 Å². The van der Waals surface area contributed by atoms with E-state index in [2.05, 4.69) is 20.4 Å². The van der Waals surface area contributed by atoms with Gasteiger partial charge in [-0.3, -0.25) is 19.3 Å². The molecule has 2 heterocycles. The number of rotatable bonds is 8. The molecule has 0 aliphatic carbocycles. The van der Waals surface area contributed by atoms with Gasteiger partial charge in [0.1, 0.15) is 17.5 Å². The van der Waals surface area contributed by atoms with E-state index in [-0.39, 0.29) is 24.8 Å². The second kappa shape index (κ2) is 12.2. The van der Waals surface area contributed by atoms with Gasteiger partial charge in [0.25, 0.3) is 0 Å². The average molecular weight is 530 g/mol. The predicted octanol–water partition coefficient (Wildman–Crippen LogP) is 1.83. The molecule has 11 heteroatoms. The summed E-state index contributed by atoms with van der Waals surface area (Å²) in [6.45, 7) is 3.91. The van der Waals surface area contributed by atoms with Gasteiger partial charge in [0, 0.05) is 56.0 Å². The van der Waals surface area contributed by atoms with Crippen LogP contribution in [0.3, 0.4) is 0 Å². The molecule has 2 aliphatic rings. The lowest BCUT2D eigenvalue weighted by atomic mass is 10.1. The number of hydrogen-bond donors (Lipinski definition) is 2. The van der Waals surface area contributed by atoms with E-state index in [1.807, 2.05) is 24.3 Å². The normalized spacial score (nSPS) is 18.2. The number of carbonyl (C=O) groups is 3. The molecule has 0 radical (unpaired) electrons. The van der Waals surface area contributed by atoms with Crippen LogP contribution in [0.25, 0.3) is 0 Å². The molecular weight excluding hydrogens is 498 g/mol. The minimum absolute atomic E-state index is 0.161. The number of halogens is 1. The third-order valence-electron chi connectivity index (χ3n) is 6.63. The van der Waals surface area contributed by atoms with Crippen LogP contribution >= 0.6 is 11.6 Å². The van der Waals surface area contributed by atoms with Gasteiger partial charge in [0.15, 0.2) is 0 Å². The zero-order valence-corrected chi connectivity index (χ0v) is 21.8. The van der Waals surface area contributed by atoms with Gasteiger partial charge >= 0.3 is 0 Å². The maximum absolute atomic E-state index is 13.2. The third kappa shape index (κ3) is 6.64. The molecule has 0 bridgehead atoms. The van der Waals surface area contributed by atoms with Crippen molar-refractivity contribution < 1.29 is 23.9 Å². The molecule has 0 unspecified atom stereocenters. The van der Waals surface area contributed by atoms with Crippen molar-refractivity contribution in [2.24, 2.45) is 0 Å². The van der Waals surface area contributed by atoms with E-state index >= 15 is 0 Å². The molecule has 198 valence electrons. The fourth-order valence-corrected chi connectivity index (χ4v) is 4.73. The number of carbonyl (C=O) groups excluding carboxylic acids is 3. The van der Waals surface area contributed by atoms with Crippen molar-refractivity contribution >= 4 is 40.7 Å². The molecule has 2 aliphatic heterocycles. The van der Waals surface area contributed by atoms with Gasteiger partial charge in [-0.15, -0.1) is 0 Å². The zero-order chi connectivity index (χ0) is 26.4. The van der Waals surface area contributed by atoms with Crippen molar-refractivity contribution in [3.63, 3.8) is 0 Å². The Bertz CT molecular complexity index is 1120. The summed E-state index contributed by atoms with van der Waals surface area (Å²) in [7, 11) is 3.03. The first-order valence-corrected chi connectivity index (χ1v) is 12.6. The van der Waals surface area contributed by atoms with Crippen molar-refractivity contribution in [3.05, 3.63) is 47.5 Å². The molecule has 0 saturated carbocycles. The fourth-order valence-electron chi connectivity index (χ4n) is 4.60. The van der Waals surface area contributed by atoms with E-state index in [0.717, 1.165) is 31.9 Å². The van der Waals surface area contributed by atoms with E-state index in [1.165, 1.54) is 19.1 Å². The number of benzene rings is 2. The van der Waals surface area contributed by atoms with Crippen molar-refractivity contribution in [2.45, 2.75) is 12.5 Å². The lowest BCUT2D eigenvalue weighted by Gasteiger charge is -2.39. The number of piperazine rings is 2. The minimum Gasteiger partial charge on any atom is -0.497 e. The van der Waals surface area contributed by atoms with Crippen molar-refractivity contribution in [3.8, 4) is 11.5 Å². The Labute approximate surface area is 221 Å². The summed E-state index contributed by atoms with van der Waals surface area (Å²) in [5.41, 5.74) is 1.53. The molecular formula is C26H32ClN5O5. The average Bonchev–Trinajstić information content (AvgIpc) is 2.90. The van der Waals surface area contributed by atoms with Crippen molar-refractivity contribution in [1.82, 2.24) is 15.1 Å². The zero-order valence-electron chi connectivity index (χ0n) is 21.0. The van der Waals surface area contributed by atoms with Crippen molar-refractivity contribution in [1.29, 1.82) is 0 Å². The Hall–Kier alpha value is -3.50. The summed E-state index contributed by atoms with van der Waals surface area (Å²) < 4.78 is 10.5. The summed E-state index contributed by atoms with van der Waals surface area (Å²) in [5.74, 6) is 0.127. The van der Waals surface area contributed by atoms with Gasteiger partial charge in [0.2, 0.25) is 17.7 Å². The molecule has 4 rings (SSSR count). The van der Waals surface area contributed by atoms with Crippen LogP contribution in [0.5, 0.6) is 11.5 Å². The maximum atomic E-state index is 13.2. The first-order chi connectivity index (χ1) is 17.9. The Morgan fingerprint density at radius 2 is 1.76 bits per heavy atom. The molecule has 2 fully saturated rings. The predicted molar refractivity (Wildman–Crippen MR) is 141 cm³/mol. The molecule has 0 spiro atoms. The molecule has 1 atom stereocenters. The Balaban J connectivity index is 1.35. The highest BCUT2D eigenvalue weighted by Crippen LogP contribution is 2.29. The maximum Gasteiger partial charge on any atom is 0.243 e. The van der Waals surface area contributed by atoms with E-state index in [1.54, 1.807) is 18.2 Å². The quantitative estimate of drug-likeness (QED) is 0.538. The SMILES string of the molecule is COc1ccc(OC)c(NC(=O)C[C@@H]2C(=O)NCCN2C(=O)CN2CCN(c3ccc(Cl)cc3)CC2)c1.